The highest BCUT2D eigenvalue weighted by atomic mass is 16.1. The van der Waals surface area contributed by atoms with E-state index in [2.05, 4.69) is 21.0 Å². The maximum Gasteiger partial charge on any atom is 0.259 e. The molecule has 0 spiro atoms. The van der Waals surface area contributed by atoms with E-state index in [1.54, 1.807) is 18.6 Å². The number of pyridine rings is 2. The Bertz CT molecular complexity index is 1250. The molecule has 0 bridgehead atoms. The third-order valence-corrected chi connectivity index (χ3v) is 4.44. The number of nitrogens with one attached hydrogen (secondary N) is 1. The lowest BCUT2D eigenvalue weighted by molar-refractivity contribution is -0.114. The number of fused-ring (bicyclic) bond motifs is 1. The Labute approximate surface area is 161 Å². The van der Waals surface area contributed by atoms with Crippen LogP contribution >= 0.6 is 0 Å². The molecule has 0 radical (unpaired) electrons. The summed E-state index contributed by atoms with van der Waals surface area (Å²) >= 11 is 0. The number of hydrogen-bond acceptors (Lipinski definition) is 4. The second-order valence-corrected chi connectivity index (χ2v) is 6.22. The van der Waals surface area contributed by atoms with Gasteiger partial charge in [0, 0.05) is 41.3 Å². The number of carbonyl (C=O) groups is 1. The number of hydrogen-bond donors (Lipinski definition) is 2. The predicted molar refractivity (Wildman–Crippen MR) is 108 cm³/mol. The molecule has 3 heterocycles. The van der Waals surface area contributed by atoms with Crippen molar-refractivity contribution in [2.75, 3.05) is 0 Å². The second kappa shape index (κ2) is 7.17. The molecule has 6 heteroatoms. The number of H-pyrrole nitrogens is 1. The zero-order valence-electron chi connectivity index (χ0n) is 14.8. The Kier molecular flexibility index (Phi) is 4.40. The van der Waals surface area contributed by atoms with Gasteiger partial charge in [-0.3, -0.25) is 9.78 Å². The number of carbonyl (C=O) groups excluding carboxylic acids is 1. The summed E-state index contributed by atoms with van der Waals surface area (Å²) in [6.45, 7) is 0. The largest absolute Gasteiger partial charge is 0.365 e. The first-order valence-electron chi connectivity index (χ1n) is 8.55. The van der Waals surface area contributed by atoms with Crippen molar-refractivity contribution in [3.63, 3.8) is 0 Å². The van der Waals surface area contributed by atoms with Gasteiger partial charge in [0.1, 0.15) is 17.3 Å². The monoisotopic (exact) mass is 365 g/mol. The second-order valence-electron chi connectivity index (χ2n) is 6.22. The van der Waals surface area contributed by atoms with Crippen molar-refractivity contribution in [1.29, 1.82) is 5.26 Å². The lowest BCUT2D eigenvalue weighted by Crippen LogP contribution is -2.12. The third-order valence-electron chi connectivity index (χ3n) is 4.44. The minimum atomic E-state index is -0.745. The molecule has 1 aromatic carbocycles. The minimum absolute atomic E-state index is 0.0867. The van der Waals surface area contributed by atoms with Crippen molar-refractivity contribution >= 4 is 23.0 Å². The molecule has 0 fully saturated rings. The number of aromatic amines is 1. The molecule has 28 heavy (non-hydrogen) atoms. The Balaban J connectivity index is 1.79. The number of rotatable bonds is 4. The van der Waals surface area contributed by atoms with E-state index < -0.39 is 5.91 Å². The smallest absolute Gasteiger partial charge is 0.259 e. The molecule has 0 saturated heterocycles. The van der Waals surface area contributed by atoms with Gasteiger partial charge in [-0.15, -0.1) is 0 Å². The molecular formula is C22H15N5O. The zero-order valence-corrected chi connectivity index (χ0v) is 14.8. The Morgan fingerprint density at radius 2 is 1.93 bits per heavy atom. The number of nitrogens with two attached hydrogens (primary N) is 1. The molecule has 4 aromatic rings. The molecule has 3 aromatic heterocycles. The van der Waals surface area contributed by atoms with Crippen LogP contribution in [0.15, 0.2) is 72.8 Å². The quantitative estimate of drug-likeness (QED) is 0.425. The fourth-order valence-electron chi connectivity index (χ4n) is 3.06. The number of nitrogens with zero attached hydrogens (tertiary/aromatic N) is 3. The van der Waals surface area contributed by atoms with Crippen LogP contribution in [0.4, 0.5) is 0 Å². The Hall–Kier alpha value is -4.24. The van der Waals surface area contributed by atoms with Crippen molar-refractivity contribution < 1.29 is 4.79 Å². The average Bonchev–Trinajstić information content (AvgIpc) is 3.16. The summed E-state index contributed by atoms with van der Waals surface area (Å²) in [5, 5.41) is 10.0. The Morgan fingerprint density at radius 3 is 2.68 bits per heavy atom. The maximum atomic E-state index is 11.3. The molecule has 0 atom stereocenters. The van der Waals surface area contributed by atoms with E-state index in [1.165, 1.54) is 6.08 Å². The van der Waals surface area contributed by atoms with Gasteiger partial charge in [-0.05, 0) is 47.0 Å². The maximum absolute atomic E-state index is 11.3. The SMILES string of the molecule is N#C/C(=C\c1cccc(-c2cnc3[nH]cc(-c4ccncc4)c3c2)c1)C(N)=O. The third kappa shape index (κ3) is 3.24. The lowest BCUT2D eigenvalue weighted by atomic mass is 10.0. The van der Waals surface area contributed by atoms with Crippen molar-refractivity contribution in [2.45, 2.75) is 0 Å². The van der Waals surface area contributed by atoms with Crippen molar-refractivity contribution in [1.82, 2.24) is 15.0 Å². The minimum Gasteiger partial charge on any atom is -0.365 e. The van der Waals surface area contributed by atoms with E-state index in [4.69, 9.17) is 11.0 Å². The van der Waals surface area contributed by atoms with Gasteiger partial charge in [0.15, 0.2) is 0 Å². The highest BCUT2D eigenvalue weighted by molar-refractivity contribution is 6.00. The normalized spacial score (nSPS) is 11.3. The van der Waals surface area contributed by atoms with Gasteiger partial charge < -0.3 is 10.7 Å². The average molecular weight is 365 g/mol. The number of benzene rings is 1. The highest BCUT2D eigenvalue weighted by Crippen LogP contribution is 2.31. The molecule has 134 valence electrons. The summed E-state index contributed by atoms with van der Waals surface area (Å²) in [5.74, 6) is -0.745. The van der Waals surface area contributed by atoms with Crippen LogP contribution in [0.3, 0.4) is 0 Å². The molecule has 0 aliphatic rings. The highest BCUT2D eigenvalue weighted by Gasteiger charge is 2.10. The summed E-state index contributed by atoms with van der Waals surface area (Å²) in [7, 11) is 0. The van der Waals surface area contributed by atoms with Gasteiger partial charge in [-0.25, -0.2) is 4.98 Å². The predicted octanol–water partition coefficient (Wildman–Crippen LogP) is 3.68. The summed E-state index contributed by atoms with van der Waals surface area (Å²) < 4.78 is 0. The van der Waals surface area contributed by atoms with Gasteiger partial charge in [0.05, 0.1) is 0 Å². The van der Waals surface area contributed by atoms with E-state index in [0.29, 0.717) is 0 Å². The van der Waals surface area contributed by atoms with Crippen LogP contribution < -0.4 is 5.73 Å². The van der Waals surface area contributed by atoms with Gasteiger partial charge in [0.2, 0.25) is 0 Å². The van der Waals surface area contributed by atoms with Gasteiger partial charge >= 0.3 is 0 Å². The Morgan fingerprint density at radius 1 is 1.11 bits per heavy atom. The van der Waals surface area contributed by atoms with E-state index in [-0.39, 0.29) is 5.57 Å². The zero-order chi connectivity index (χ0) is 19.5. The molecule has 1 amide bonds. The molecule has 4 rings (SSSR count). The van der Waals surface area contributed by atoms with Gasteiger partial charge in [-0.2, -0.15) is 5.26 Å². The van der Waals surface area contributed by atoms with Crippen LogP contribution in [0.1, 0.15) is 5.56 Å². The number of amides is 1. The number of aromatic nitrogens is 3. The number of nitriles is 1. The van der Waals surface area contributed by atoms with E-state index in [9.17, 15) is 4.79 Å². The van der Waals surface area contributed by atoms with Gasteiger partial charge in [0.25, 0.3) is 5.91 Å². The fourth-order valence-corrected chi connectivity index (χ4v) is 3.06. The molecule has 6 nitrogen and oxygen atoms in total. The number of primary amides is 1. The van der Waals surface area contributed by atoms with Crippen LogP contribution in [0.5, 0.6) is 0 Å². The summed E-state index contributed by atoms with van der Waals surface area (Å²) in [6.07, 6.45) is 8.72. The fraction of sp³-hybridized carbons (Fsp3) is 0. The topological polar surface area (TPSA) is 108 Å². The molecule has 3 N–H and O–H groups in total. The molecule has 0 unspecified atom stereocenters. The first-order chi connectivity index (χ1) is 13.7. The molecule has 0 saturated carbocycles. The first kappa shape index (κ1) is 17.2. The summed E-state index contributed by atoms with van der Waals surface area (Å²) in [5.41, 5.74) is 10.6. The molecular weight excluding hydrogens is 350 g/mol. The first-order valence-corrected chi connectivity index (χ1v) is 8.55. The van der Waals surface area contributed by atoms with E-state index >= 15 is 0 Å². The summed E-state index contributed by atoms with van der Waals surface area (Å²) in [6, 6.07) is 15.3. The van der Waals surface area contributed by atoms with Gasteiger partial charge in [-0.1, -0.05) is 18.2 Å². The van der Waals surface area contributed by atoms with Crippen LogP contribution in [-0.2, 0) is 4.79 Å². The summed E-state index contributed by atoms with van der Waals surface area (Å²) in [4.78, 5) is 23.1. The van der Waals surface area contributed by atoms with Crippen LogP contribution in [0.25, 0.3) is 39.4 Å². The van der Waals surface area contributed by atoms with Crippen molar-refractivity contribution in [3.8, 4) is 28.3 Å². The van der Waals surface area contributed by atoms with Crippen LogP contribution in [-0.4, -0.2) is 20.9 Å². The molecule has 0 aliphatic heterocycles. The lowest BCUT2D eigenvalue weighted by Gasteiger charge is -2.05. The van der Waals surface area contributed by atoms with E-state index in [0.717, 1.165) is 38.9 Å². The standard InChI is InChI=1S/C22H15N5O/c23-11-17(21(24)28)9-14-2-1-3-16(8-14)18-10-19-20(13-27-22(19)26-12-18)15-4-6-25-7-5-15/h1-10,12-13H,(H2,24,28)(H,26,27)/b17-9+. The van der Waals surface area contributed by atoms with Crippen molar-refractivity contribution in [2.24, 2.45) is 5.73 Å². The molecule has 0 aliphatic carbocycles. The van der Waals surface area contributed by atoms with Crippen LogP contribution in [0, 0.1) is 11.3 Å². The van der Waals surface area contributed by atoms with Crippen molar-refractivity contribution in [3.05, 3.63) is 78.4 Å². The van der Waals surface area contributed by atoms with E-state index in [1.807, 2.05) is 48.7 Å². The van der Waals surface area contributed by atoms with Crippen LogP contribution in [0.2, 0.25) is 0 Å².